The topological polar surface area (TPSA) is 114 Å². The number of halogens is 1. The van der Waals surface area contributed by atoms with Crippen molar-refractivity contribution in [2.75, 3.05) is 11.1 Å². The molecule has 10 heteroatoms. The zero-order valence-electron chi connectivity index (χ0n) is 13.9. The van der Waals surface area contributed by atoms with Crippen LogP contribution in [0.3, 0.4) is 0 Å². The second kappa shape index (κ2) is 7.15. The van der Waals surface area contributed by atoms with E-state index in [1.54, 1.807) is 0 Å². The van der Waals surface area contributed by atoms with Crippen LogP contribution in [0.5, 0.6) is 0 Å². The number of amides is 1. The molecule has 0 aliphatic heterocycles. The Kier molecular flexibility index (Phi) is 5.34. The number of anilines is 1. The van der Waals surface area contributed by atoms with E-state index in [0.29, 0.717) is 0 Å². The predicted molar refractivity (Wildman–Crippen MR) is 90.7 cm³/mol. The van der Waals surface area contributed by atoms with E-state index >= 15 is 0 Å². The van der Waals surface area contributed by atoms with E-state index in [0.717, 1.165) is 37.4 Å². The highest BCUT2D eigenvalue weighted by Gasteiger charge is 2.37. The van der Waals surface area contributed by atoms with Crippen LogP contribution in [0, 0.1) is 19.3 Å². The molecular weight excluding hydrogens is 363 g/mol. The molecule has 1 aromatic heterocycles. The Morgan fingerprint density at radius 1 is 1.38 bits per heavy atom. The number of aromatic nitrogens is 2. The Hall–Kier alpha value is -2.90. The lowest BCUT2D eigenvalue weighted by atomic mass is 10.1. The Labute approximate surface area is 149 Å². The minimum absolute atomic E-state index is 0.0284. The SMILES string of the molecule is [C-]#[N+]c1ncc(NC(=O)[C@@](C)(O)CS(=O)(=O)c2ccc(F)cc2)nc1C. The van der Waals surface area contributed by atoms with Crippen LogP contribution in [0.15, 0.2) is 35.4 Å². The summed E-state index contributed by atoms with van der Waals surface area (Å²) in [5, 5.41) is 12.6. The number of hydrogen-bond acceptors (Lipinski definition) is 6. The number of nitrogens with one attached hydrogen (secondary N) is 1. The van der Waals surface area contributed by atoms with Gasteiger partial charge in [-0.2, -0.15) is 0 Å². The number of aryl methyl sites for hydroxylation is 1. The molecular formula is C16H15FN4O4S. The van der Waals surface area contributed by atoms with Gasteiger partial charge in [-0.3, -0.25) is 4.79 Å². The number of benzene rings is 1. The Bertz CT molecular complexity index is 982. The lowest BCUT2D eigenvalue weighted by Gasteiger charge is -2.21. The third-order valence-electron chi connectivity index (χ3n) is 3.40. The summed E-state index contributed by atoms with van der Waals surface area (Å²) in [6.07, 6.45) is 1.13. The number of nitrogens with zero attached hydrogens (tertiary/aromatic N) is 3. The minimum Gasteiger partial charge on any atom is -0.379 e. The first-order valence-corrected chi connectivity index (χ1v) is 8.93. The first kappa shape index (κ1) is 19.4. The van der Waals surface area contributed by atoms with Crippen molar-refractivity contribution in [3.63, 3.8) is 0 Å². The van der Waals surface area contributed by atoms with Gasteiger partial charge in [0.25, 0.3) is 11.7 Å². The maximum Gasteiger partial charge on any atom is 0.291 e. The molecule has 8 nitrogen and oxygen atoms in total. The average Bonchev–Trinajstić information content (AvgIpc) is 2.54. The lowest BCUT2D eigenvalue weighted by molar-refractivity contribution is -0.130. The quantitative estimate of drug-likeness (QED) is 0.604. The summed E-state index contributed by atoms with van der Waals surface area (Å²) < 4.78 is 37.6. The van der Waals surface area contributed by atoms with Gasteiger partial charge in [-0.25, -0.2) is 17.8 Å². The number of carbonyl (C=O) groups excluding carboxylic acids is 1. The summed E-state index contributed by atoms with van der Waals surface area (Å²) in [7, 11) is -4.04. The second-order valence-corrected chi connectivity index (χ2v) is 7.71. The average molecular weight is 378 g/mol. The molecule has 0 spiro atoms. The van der Waals surface area contributed by atoms with Crippen molar-refractivity contribution in [3.8, 4) is 0 Å². The Morgan fingerprint density at radius 3 is 2.54 bits per heavy atom. The summed E-state index contributed by atoms with van der Waals surface area (Å²) in [6, 6.07) is 4.05. The molecule has 1 atom stereocenters. The molecule has 0 aliphatic rings. The van der Waals surface area contributed by atoms with Gasteiger partial charge in [-0.05, 0) is 38.1 Å². The van der Waals surface area contributed by atoms with Crippen LogP contribution in [0.25, 0.3) is 4.85 Å². The molecule has 2 N–H and O–H groups in total. The molecule has 2 rings (SSSR count). The summed E-state index contributed by atoms with van der Waals surface area (Å²) in [5.41, 5.74) is -2.00. The predicted octanol–water partition coefficient (Wildman–Crippen LogP) is 1.64. The van der Waals surface area contributed by atoms with Crippen LogP contribution in [0.1, 0.15) is 12.6 Å². The fourth-order valence-electron chi connectivity index (χ4n) is 2.06. The van der Waals surface area contributed by atoms with E-state index in [4.69, 9.17) is 6.57 Å². The smallest absolute Gasteiger partial charge is 0.291 e. The molecule has 0 bridgehead atoms. The Morgan fingerprint density at radius 2 is 2.00 bits per heavy atom. The molecule has 1 heterocycles. The van der Waals surface area contributed by atoms with E-state index in [1.165, 1.54) is 6.92 Å². The molecule has 26 heavy (non-hydrogen) atoms. The molecule has 0 saturated heterocycles. The van der Waals surface area contributed by atoms with Crippen LogP contribution in [-0.4, -0.2) is 40.8 Å². The van der Waals surface area contributed by atoms with Gasteiger partial charge in [-0.15, -0.1) is 4.98 Å². The van der Waals surface area contributed by atoms with Crippen LogP contribution < -0.4 is 5.32 Å². The van der Waals surface area contributed by atoms with E-state index < -0.39 is 32.9 Å². The van der Waals surface area contributed by atoms with E-state index in [9.17, 15) is 22.7 Å². The number of aliphatic hydroxyl groups is 1. The van der Waals surface area contributed by atoms with Gasteiger partial charge in [0.05, 0.1) is 16.3 Å². The molecule has 1 aromatic carbocycles. The zero-order valence-corrected chi connectivity index (χ0v) is 14.7. The van der Waals surface area contributed by atoms with Crippen molar-refractivity contribution in [2.45, 2.75) is 24.3 Å². The molecule has 136 valence electrons. The van der Waals surface area contributed by atoms with Crippen LogP contribution >= 0.6 is 0 Å². The van der Waals surface area contributed by atoms with Crippen molar-refractivity contribution in [2.24, 2.45) is 0 Å². The van der Waals surface area contributed by atoms with Crippen LogP contribution in [-0.2, 0) is 14.6 Å². The standard InChI is InChI=1S/C16H15FN4O4S/c1-10-14(18-3)19-8-13(20-10)21-15(22)16(2,23)9-26(24,25)12-6-4-11(17)5-7-12/h4-8,23H,9H2,1-2H3,(H,20,21,22)/t16-/m0/s1. The zero-order chi connectivity index (χ0) is 19.5. The Balaban J connectivity index is 2.18. The van der Waals surface area contributed by atoms with E-state index in [2.05, 4.69) is 20.1 Å². The fraction of sp³-hybridized carbons (Fsp3) is 0.250. The number of hydrogen-bond donors (Lipinski definition) is 2. The number of sulfone groups is 1. The second-order valence-electron chi connectivity index (χ2n) is 5.72. The van der Waals surface area contributed by atoms with Gasteiger partial charge in [0.1, 0.15) is 5.82 Å². The third kappa shape index (κ3) is 4.38. The van der Waals surface area contributed by atoms with Crippen molar-refractivity contribution < 1.29 is 22.7 Å². The number of carbonyl (C=O) groups is 1. The first-order valence-electron chi connectivity index (χ1n) is 7.28. The highest BCUT2D eigenvalue weighted by atomic mass is 32.2. The minimum atomic E-state index is -4.04. The van der Waals surface area contributed by atoms with Gasteiger partial charge >= 0.3 is 0 Å². The summed E-state index contributed by atoms with van der Waals surface area (Å²) in [5.74, 6) is -2.49. The van der Waals surface area contributed by atoms with E-state index in [1.807, 2.05) is 0 Å². The maximum atomic E-state index is 12.9. The summed E-state index contributed by atoms with van der Waals surface area (Å²) in [6.45, 7) is 9.45. The van der Waals surface area contributed by atoms with Gasteiger partial charge in [0.15, 0.2) is 27.5 Å². The van der Waals surface area contributed by atoms with Crippen molar-refractivity contribution in [1.82, 2.24) is 9.97 Å². The fourth-order valence-corrected chi connectivity index (χ4v) is 3.65. The molecule has 0 radical (unpaired) electrons. The van der Waals surface area contributed by atoms with Gasteiger partial charge in [-0.1, -0.05) is 6.57 Å². The maximum absolute atomic E-state index is 12.9. The molecule has 0 unspecified atom stereocenters. The van der Waals surface area contributed by atoms with Crippen molar-refractivity contribution in [1.29, 1.82) is 0 Å². The van der Waals surface area contributed by atoms with E-state index in [-0.39, 0.29) is 22.2 Å². The largest absolute Gasteiger partial charge is 0.379 e. The highest BCUT2D eigenvalue weighted by Crippen LogP contribution is 2.20. The molecule has 0 saturated carbocycles. The lowest BCUT2D eigenvalue weighted by Crippen LogP contribution is -2.46. The number of rotatable bonds is 5. The molecule has 0 fully saturated rings. The monoisotopic (exact) mass is 378 g/mol. The summed E-state index contributed by atoms with van der Waals surface area (Å²) >= 11 is 0. The van der Waals surface area contributed by atoms with Gasteiger partial charge in [0, 0.05) is 0 Å². The third-order valence-corrected chi connectivity index (χ3v) is 5.33. The van der Waals surface area contributed by atoms with Crippen LogP contribution in [0.2, 0.25) is 0 Å². The van der Waals surface area contributed by atoms with Gasteiger partial charge in [0.2, 0.25) is 0 Å². The molecule has 2 aromatic rings. The molecule has 0 aliphatic carbocycles. The van der Waals surface area contributed by atoms with Crippen molar-refractivity contribution in [3.05, 3.63) is 53.4 Å². The summed E-state index contributed by atoms with van der Waals surface area (Å²) in [4.78, 5) is 22.9. The normalized spacial score (nSPS) is 13.5. The molecule has 1 amide bonds. The van der Waals surface area contributed by atoms with Gasteiger partial charge < -0.3 is 15.3 Å². The highest BCUT2D eigenvalue weighted by molar-refractivity contribution is 7.91. The van der Waals surface area contributed by atoms with Crippen LogP contribution in [0.4, 0.5) is 16.0 Å². The van der Waals surface area contributed by atoms with Crippen molar-refractivity contribution >= 4 is 27.4 Å². The first-order chi connectivity index (χ1) is 12.0.